The van der Waals surface area contributed by atoms with Crippen LogP contribution in [0.25, 0.3) is 0 Å². The van der Waals surface area contributed by atoms with Crippen molar-refractivity contribution in [1.29, 1.82) is 0 Å². The van der Waals surface area contributed by atoms with Gasteiger partial charge in [0.25, 0.3) is 0 Å². The van der Waals surface area contributed by atoms with Crippen LogP contribution in [0.2, 0.25) is 0 Å². The summed E-state index contributed by atoms with van der Waals surface area (Å²) in [6.45, 7) is 0.174. The van der Waals surface area contributed by atoms with E-state index in [0.29, 0.717) is 24.3 Å². The molecule has 0 aliphatic carbocycles. The first-order valence-electron chi connectivity index (χ1n) is 10.9. The Balaban J connectivity index is 1.49. The molecule has 3 N–H and O–H groups in total. The number of methoxy groups -OCH3 is 1. The molecule has 1 aliphatic heterocycles. The fourth-order valence-electron chi connectivity index (χ4n) is 3.76. The molecule has 4 rings (SSSR count). The lowest BCUT2D eigenvalue weighted by atomic mass is 10.1. The molecule has 4 amide bonds. The van der Waals surface area contributed by atoms with Crippen molar-refractivity contribution in [2.24, 2.45) is 0 Å². The van der Waals surface area contributed by atoms with Crippen molar-refractivity contribution < 1.29 is 19.1 Å². The number of nitrogens with zero attached hydrogens (tertiary/aromatic N) is 1. The standard InChI is InChI=1S/C26H26N4O4/c1-34-20-13-11-19(12-14-20)16-27-25(32)22(15-18-7-3-2-4-8-18)29-26(33)30-17-24(31)28-21-9-5-6-10-23(21)30/h2-14,22H,15-17H2,1H3,(H,27,32)(H,28,31)(H,29,33)/t22-/m0/s1. The Kier molecular flexibility index (Phi) is 7.07. The molecule has 8 heteroatoms. The Hall–Kier alpha value is -4.33. The fourth-order valence-corrected chi connectivity index (χ4v) is 3.76. The van der Waals surface area contributed by atoms with E-state index in [-0.39, 0.29) is 18.4 Å². The highest BCUT2D eigenvalue weighted by Crippen LogP contribution is 2.28. The van der Waals surface area contributed by atoms with Crippen molar-refractivity contribution in [2.75, 3.05) is 23.9 Å². The van der Waals surface area contributed by atoms with E-state index in [1.807, 2.05) is 54.6 Å². The molecule has 174 valence electrons. The first-order chi connectivity index (χ1) is 16.5. The normalized spacial score (nSPS) is 13.3. The third-order valence-electron chi connectivity index (χ3n) is 5.54. The molecule has 3 aromatic carbocycles. The molecule has 0 bridgehead atoms. The summed E-state index contributed by atoms with van der Waals surface area (Å²) in [6, 6.07) is 22.6. The van der Waals surface area contributed by atoms with Gasteiger partial charge in [0.15, 0.2) is 0 Å². The van der Waals surface area contributed by atoms with Crippen molar-refractivity contribution >= 4 is 29.2 Å². The SMILES string of the molecule is COc1ccc(CNC(=O)[C@H](Cc2ccccc2)NC(=O)N2CC(=O)Nc3ccccc32)cc1. The van der Waals surface area contributed by atoms with Crippen LogP contribution in [0.1, 0.15) is 11.1 Å². The lowest BCUT2D eigenvalue weighted by molar-refractivity contribution is -0.123. The number of carbonyl (C=O) groups excluding carboxylic acids is 3. The molecule has 0 radical (unpaired) electrons. The molecule has 3 aromatic rings. The minimum absolute atomic E-state index is 0.131. The molecule has 1 heterocycles. The highest BCUT2D eigenvalue weighted by molar-refractivity contribution is 6.10. The van der Waals surface area contributed by atoms with E-state index >= 15 is 0 Å². The molecular weight excluding hydrogens is 432 g/mol. The molecule has 1 atom stereocenters. The third-order valence-corrected chi connectivity index (χ3v) is 5.54. The zero-order valence-electron chi connectivity index (χ0n) is 18.8. The summed E-state index contributed by atoms with van der Waals surface area (Å²) in [4.78, 5) is 39.8. The van der Waals surface area contributed by atoms with E-state index in [1.54, 1.807) is 31.4 Å². The van der Waals surface area contributed by atoms with Crippen LogP contribution >= 0.6 is 0 Å². The summed E-state index contributed by atoms with van der Waals surface area (Å²) < 4.78 is 5.17. The van der Waals surface area contributed by atoms with E-state index in [0.717, 1.165) is 16.9 Å². The van der Waals surface area contributed by atoms with Crippen molar-refractivity contribution in [3.05, 3.63) is 90.0 Å². The van der Waals surface area contributed by atoms with Crippen molar-refractivity contribution in [3.63, 3.8) is 0 Å². The van der Waals surface area contributed by atoms with E-state index in [2.05, 4.69) is 16.0 Å². The first-order valence-corrected chi connectivity index (χ1v) is 10.9. The number of rotatable bonds is 7. The van der Waals surface area contributed by atoms with Crippen molar-refractivity contribution in [3.8, 4) is 5.75 Å². The van der Waals surface area contributed by atoms with E-state index < -0.39 is 12.1 Å². The van der Waals surface area contributed by atoms with E-state index in [4.69, 9.17) is 4.74 Å². The summed E-state index contributed by atoms with van der Waals surface area (Å²) in [5, 5.41) is 8.49. The quantitative estimate of drug-likeness (QED) is 0.507. The third kappa shape index (κ3) is 5.53. The van der Waals surface area contributed by atoms with Gasteiger partial charge in [-0.1, -0.05) is 54.6 Å². The molecule has 0 aromatic heterocycles. The number of ether oxygens (including phenoxy) is 1. The van der Waals surface area contributed by atoms with Crippen LogP contribution < -0.4 is 25.6 Å². The fraction of sp³-hybridized carbons (Fsp3) is 0.192. The van der Waals surface area contributed by atoms with Crippen LogP contribution in [0.15, 0.2) is 78.9 Å². The maximum atomic E-state index is 13.2. The summed E-state index contributed by atoms with van der Waals surface area (Å²) in [7, 11) is 1.60. The van der Waals surface area contributed by atoms with Gasteiger partial charge in [0.05, 0.1) is 18.5 Å². The van der Waals surface area contributed by atoms with Crippen molar-refractivity contribution in [1.82, 2.24) is 10.6 Å². The van der Waals surface area contributed by atoms with Gasteiger partial charge in [0, 0.05) is 13.0 Å². The average Bonchev–Trinajstić information content (AvgIpc) is 2.87. The lowest BCUT2D eigenvalue weighted by Gasteiger charge is -2.30. The highest BCUT2D eigenvalue weighted by atomic mass is 16.5. The van der Waals surface area contributed by atoms with Gasteiger partial charge in [-0.3, -0.25) is 14.5 Å². The number of fused-ring (bicyclic) bond motifs is 1. The Bertz CT molecular complexity index is 1160. The van der Waals surface area contributed by atoms with Crippen LogP contribution in [-0.2, 0) is 22.6 Å². The van der Waals surface area contributed by atoms with Crippen LogP contribution in [0.3, 0.4) is 0 Å². The van der Waals surface area contributed by atoms with Gasteiger partial charge >= 0.3 is 6.03 Å². The van der Waals surface area contributed by atoms with Gasteiger partial charge in [-0.15, -0.1) is 0 Å². The van der Waals surface area contributed by atoms with Gasteiger partial charge < -0.3 is 20.7 Å². The number of para-hydroxylation sites is 2. The second-order valence-corrected chi connectivity index (χ2v) is 7.91. The van der Waals surface area contributed by atoms with Gasteiger partial charge in [0.1, 0.15) is 18.3 Å². The molecule has 8 nitrogen and oxygen atoms in total. The second kappa shape index (κ2) is 10.5. The summed E-state index contributed by atoms with van der Waals surface area (Å²) in [6.07, 6.45) is 0.308. The Morgan fingerprint density at radius 2 is 1.68 bits per heavy atom. The minimum atomic E-state index is -0.828. The van der Waals surface area contributed by atoms with Crippen molar-refractivity contribution in [2.45, 2.75) is 19.0 Å². The molecular formula is C26H26N4O4. The number of hydrogen-bond acceptors (Lipinski definition) is 4. The molecule has 0 spiro atoms. The molecule has 0 unspecified atom stereocenters. The largest absolute Gasteiger partial charge is 0.497 e. The number of urea groups is 1. The molecule has 34 heavy (non-hydrogen) atoms. The van der Waals surface area contributed by atoms with Crippen LogP contribution in [0.5, 0.6) is 5.75 Å². The highest BCUT2D eigenvalue weighted by Gasteiger charge is 2.30. The van der Waals surface area contributed by atoms with Gasteiger partial charge in [-0.25, -0.2) is 4.79 Å². The van der Waals surface area contributed by atoms with Crippen LogP contribution in [0.4, 0.5) is 16.2 Å². The number of nitrogens with one attached hydrogen (secondary N) is 3. The first kappa shape index (κ1) is 22.8. The number of benzene rings is 3. The van der Waals surface area contributed by atoms with Crippen LogP contribution in [-0.4, -0.2) is 37.5 Å². The van der Waals surface area contributed by atoms with Crippen LogP contribution in [0, 0.1) is 0 Å². The molecule has 0 saturated heterocycles. The summed E-state index contributed by atoms with van der Waals surface area (Å²) in [5.74, 6) is 0.121. The predicted molar refractivity (Wildman–Crippen MR) is 130 cm³/mol. The van der Waals surface area contributed by atoms with E-state index in [9.17, 15) is 14.4 Å². The molecule has 1 aliphatic rings. The zero-order valence-corrected chi connectivity index (χ0v) is 18.8. The lowest BCUT2D eigenvalue weighted by Crippen LogP contribution is -2.54. The average molecular weight is 459 g/mol. The Morgan fingerprint density at radius 1 is 0.971 bits per heavy atom. The van der Waals surface area contributed by atoms with Gasteiger partial charge in [0.2, 0.25) is 11.8 Å². The Labute approximate surface area is 197 Å². The maximum absolute atomic E-state index is 13.2. The number of hydrogen-bond donors (Lipinski definition) is 3. The predicted octanol–water partition coefficient (Wildman–Crippen LogP) is 3.09. The Morgan fingerprint density at radius 3 is 2.41 bits per heavy atom. The molecule has 0 fully saturated rings. The smallest absolute Gasteiger partial charge is 0.323 e. The second-order valence-electron chi connectivity index (χ2n) is 7.91. The topological polar surface area (TPSA) is 99.8 Å². The number of carbonyl (C=O) groups is 3. The number of anilines is 2. The molecule has 0 saturated carbocycles. The van der Waals surface area contributed by atoms with E-state index in [1.165, 1.54) is 4.90 Å². The van der Waals surface area contributed by atoms with Gasteiger partial charge in [-0.05, 0) is 35.4 Å². The maximum Gasteiger partial charge on any atom is 0.323 e. The summed E-state index contributed by atoms with van der Waals surface area (Å²) in [5.41, 5.74) is 2.94. The minimum Gasteiger partial charge on any atom is -0.497 e. The zero-order chi connectivity index (χ0) is 23.9. The number of amides is 4. The van der Waals surface area contributed by atoms with Gasteiger partial charge in [-0.2, -0.15) is 0 Å². The summed E-state index contributed by atoms with van der Waals surface area (Å²) >= 11 is 0. The monoisotopic (exact) mass is 458 g/mol.